The van der Waals surface area contributed by atoms with Crippen molar-refractivity contribution in [2.45, 2.75) is 13.8 Å². The normalized spacial score (nSPS) is 10.6. The summed E-state index contributed by atoms with van der Waals surface area (Å²) in [6, 6.07) is 13.2. The lowest BCUT2D eigenvalue weighted by molar-refractivity contribution is -0.394. The predicted octanol–water partition coefficient (Wildman–Crippen LogP) is 4.45. The maximum absolute atomic E-state index is 12.0. The Kier molecular flexibility index (Phi) is 8.13. The Morgan fingerprint density at radius 1 is 0.944 bits per heavy atom. The van der Waals surface area contributed by atoms with Crippen molar-refractivity contribution >= 4 is 23.5 Å². The number of carbonyl (C=O) groups is 1. The lowest BCUT2D eigenvalue weighted by Crippen LogP contribution is -2.24. The van der Waals surface area contributed by atoms with Crippen LogP contribution in [-0.2, 0) is 4.79 Å². The number of carbonyl (C=O) groups excluding carboxylic acids is 1. The van der Waals surface area contributed by atoms with Gasteiger partial charge in [-0.2, -0.15) is 5.10 Å². The van der Waals surface area contributed by atoms with E-state index in [2.05, 4.69) is 10.5 Å². The molecule has 12 nitrogen and oxygen atoms in total. The molecule has 186 valence electrons. The zero-order valence-corrected chi connectivity index (χ0v) is 19.6. The van der Waals surface area contributed by atoms with Gasteiger partial charge < -0.3 is 14.2 Å². The molecule has 0 saturated heterocycles. The van der Waals surface area contributed by atoms with Gasteiger partial charge in [0.25, 0.3) is 11.6 Å². The summed E-state index contributed by atoms with van der Waals surface area (Å²) in [6.45, 7) is 3.71. The lowest BCUT2D eigenvalue weighted by Gasteiger charge is -2.11. The van der Waals surface area contributed by atoms with Gasteiger partial charge in [-0.1, -0.05) is 6.07 Å². The molecule has 0 aromatic heterocycles. The van der Waals surface area contributed by atoms with Crippen LogP contribution in [0, 0.1) is 34.1 Å². The summed E-state index contributed by atoms with van der Waals surface area (Å²) in [5.74, 6) is 0.280. The Labute approximate surface area is 205 Å². The van der Waals surface area contributed by atoms with Gasteiger partial charge in [0.1, 0.15) is 5.75 Å². The zero-order chi connectivity index (χ0) is 26.2. The van der Waals surface area contributed by atoms with Gasteiger partial charge in [-0.25, -0.2) is 5.43 Å². The van der Waals surface area contributed by atoms with E-state index in [1.165, 1.54) is 25.5 Å². The Bertz CT molecular complexity index is 1340. The fourth-order valence-corrected chi connectivity index (χ4v) is 2.98. The van der Waals surface area contributed by atoms with Gasteiger partial charge in [-0.05, 0) is 66.9 Å². The molecular formula is C24H22N4O8. The Morgan fingerprint density at radius 3 is 2.36 bits per heavy atom. The molecule has 3 aromatic rings. The maximum Gasteiger partial charge on any atom is 0.318 e. The third-order valence-corrected chi connectivity index (χ3v) is 5.01. The molecule has 0 heterocycles. The van der Waals surface area contributed by atoms with Crippen molar-refractivity contribution in [3.05, 3.63) is 91.5 Å². The molecule has 3 rings (SSSR count). The second-order valence-corrected chi connectivity index (χ2v) is 7.51. The van der Waals surface area contributed by atoms with Crippen LogP contribution in [0.4, 0.5) is 11.4 Å². The van der Waals surface area contributed by atoms with Crippen molar-refractivity contribution in [1.29, 1.82) is 0 Å². The second kappa shape index (κ2) is 11.4. The molecule has 1 amide bonds. The SMILES string of the molecule is COc1cc(/C=N\NC(=O)COc2ccc(C)c(C)c2)ccc1Oc1ccc([N+](=O)[O-])cc1[N+](=O)[O-]. The van der Waals surface area contributed by atoms with E-state index < -0.39 is 27.1 Å². The highest BCUT2D eigenvalue weighted by Crippen LogP contribution is 2.38. The molecule has 0 aliphatic heterocycles. The number of nitrogens with zero attached hydrogens (tertiary/aromatic N) is 3. The number of aryl methyl sites for hydroxylation is 2. The molecule has 12 heteroatoms. The highest BCUT2D eigenvalue weighted by molar-refractivity contribution is 5.83. The van der Waals surface area contributed by atoms with Gasteiger partial charge in [-0.15, -0.1) is 0 Å². The summed E-state index contributed by atoms with van der Waals surface area (Å²) in [4.78, 5) is 32.7. The van der Waals surface area contributed by atoms with Crippen molar-refractivity contribution in [3.8, 4) is 23.0 Å². The van der Waals surface area contributed by atoms with Crippen molar-refractivity contribution in [1.82, 2.24) is 5.43 Å². The zero-order valence-electron chi connectivity index (χ0n) is 19.6. The average Bonchev–Trinajstić information content (AvgIpc) is 2.85. The number of nitro groups is 2. The highest BCUT2D eigenvalue weighted by atomic mass is 16.6. The number of amides is 1. The molecule has 0 aliphatic carbocycles. The number of nitrogens with one attached hydrogen (secondary N) is 1. The first-order chi connectivity index (χ1) is 17.2. The van der Waals surface area contributed by atoms with Gasteiger partial charge in [0.05, 0.1) is 29.2 Å². The molecule has 0 fully saturated rings. The number of rotatable bonds is 10. The van der Waals surface area contributed by atoms with Gasteiger partial charge in [0.2, 0.25) is 5.75 Å². The van der Waals surface area contributed by atoms with Crippen molar-refractivity contribution in [3.63, 3.8) is 0 Å². The van der Waals surface area contributed by atoms with E-state index in [4.69, 9.17) is 14.2 Å². The van der Waals surface area contributed by atoms with Crippen molar-refractivity contribution < 1.29 is 28.9 Å². The van der Waals surface area contributed by atoms with E-state index in [1.54, 1.807) is 12.1 Å². The van der Waals surface area contributed by atoms with Gasteiger partial charge in [-0.3, -0.25) is 25.0 Å². The largest absolute Gasteiger partial charge is 0.493 e. The topological polar surface area (TPSA) is 155 Å². The summed E-state index contributed by atoms with van der Waals surface area (Å²) in [7, 11) is 1.37. The minimum atomic E-state index is -0.776. The summed E-state index contributed by atoms with van der Waals surface area (Å²) in [6.07, 6.45) is 1.37. The smallest absolute Gasteiger partial charge is 0.318 e. The van der Waals surface area contributed by atoms with Gasteiger partial charge in [0.15, 0.2) is 18.1 Å². The Morgan fingerprint density at radius 2 is 1.69 bits per heavy atom. The lowest BCUT2D eigenvalue weighted by atomic mass is 10.1. The fraction of sp³-hybridized carbons (Fsp3) is 0.167. The molecule has 0 saturated carbocycles. The molecule has 1 N–H and O–H groups in total. The number of ether oxygens (including phenoxy) is 3. The minimum absolute atomic E-state index is 0.137. The van der Waals surface area contributed by atoms with E-state index in [0.29, 0.717) is 11.3 Å². The average molecular weight is 494 g/mol. The molecular weight excluding hydrogens is 472 g/mol. The molecule has 36 heavy (non-hydrogen) atoms. The second-order valence-electron chi connectivity index (χ2n) is 7.51. The molecule has 0 aliphatic rings. The van der Waals surface area contributed by atoms with Crippen LogP contribution in [0.5, 0.6) is 23.0 Å². The molecule has 0 unspecified atom stereocenters. The number of methoxy groups -OCH3 is 1. The highest BCUT2D eigenvalue weighted by Gasteiger charge is 2.22. The van der Waals surface area contributed by atoms with Crippen LogP contribution >= 0.6 is 0 Å². The monoisotopic (exact) mass is 494 g/mol. The van der Waals surface area contributed by atoms with Crippen LogP contribution in [0.25, 0.3) is 0 Å². The third kappa shape index (κ3) is 6.53. The summed E-state index contributed by atoms with van der Waals surface area (Å²) < 4.78 is 16.3. The number of benzene rings is 3. The van der Waals surface area contributed by atoms with Crippen LogP contribution in [0.15, 0.2) is 59.7 Å². The molecule has 0 atom stereocenters. The van der Waals surface area contributed by atoms with E-state index in [0.717, 1.165) is 29.3 Å². The van der Waals surface area contributed by atoms with Crippen molar-refractivity contribution in [2.24, 2.45) is 5.10 Å². The fourth-order valence-electron chi connectivity index (χ4n) is 2.98. The first-order valence-electron chi connectivity index (χ1n) is 10.5. The van der Waals surface area contributed by atoms with E-state index in [-0.39, 0.29) is 23.9 Å². The minimum Gasteiger partial charge on any atom is -0.493 e. The Balaban J connectivity index is 1.65. The predicted molar refractivity (Wildman–Crippen MR) is 130 cm³/mol. The van der Waals surface area contributed by atoms with E-state index in [1.807, 2.05) is 26.0 Å². The number of hydrogen-bond acceptors (Lipinski definition) is 9. The van der Waals surface area contributed by atoms with Crippen molar-refractivity contribution in [2.75, 3.05) is 13.7 Å². The molecule has 0 radical (unpaired) electrons. The van der Waals surface area contributed by atoms with E-state index in [9.17, 15) is 25.0 Å². The number of non-ortho nitro benzene ring substituents is 1. The number of hydrazone groups is 1. The van der Waals surface area contributed by atoms with Crippen LogP contribution in [0.1, 0.15) is 16.7 Å². The van der Waals surface area contributed by atoms with Gasteiger partial charge in [0, 0.05) is 6.07 Å². The quantitative estimate of drug-likeness (QED) is 0.246. The first-order valence-corrected chi connectivity index (χ1v) is 10.5. The molecule has 0 bridgehead atoms. The number of nitro benzene ring substituents is 2. The van der Waals surface area contributed by atoms with Gasteiger partial charge >= 0.3 is 5.69 Å². The molecule has 0 spiro atoms. The van der Waals surface area contributed by atoms with Crippen LogP contribution in [0.2, 0.25) is 0 Å². The summed E-state index contributed by atoms with van der Waals surface area (Å²) >= 11 is 0. The third-order valence-electron chi connectivity index (χ3n) is 5.01. The first kappa shape index (κ1) is 25.6. The van der Waals surface area contributed by atoms with Crippen LogP contribution in [0.3, 0.4) is 0 Å². The summed E-state index contributed by atoms with van der Waals surface area (Å²) in [5, 5.41) is 26.1. The van der Waals surface area contributed by atoms with E-state index >= 15 is 0 Å². The van der Waals surface area contributed by atoms with Crippen LogP contribution < -0.4 is 19.6 Å². The summed E-state index contributed by atoms with van der Waals surface area (Å²) in [5.41, 5.74) is 4.06. The Hall–Kier alpha value is -5.00. The standard InChI is InChI=1S/C24H22N4O8/c1-15-4-7-19(10-16(15)2)35-14-24(29)26-25-13-17-5-8-22(23(11-17)34-3)36-21-9-6-18(27(30)31)12-20(21)28(32)33/h4-13H,14H2,1-3H3,(H,26,29)/b25-13-. The molecule has 3 aromatic carbocycles. The maximum atomic E-state index is 12.0. The number of hydrogen-bond donors (Lipinski definition) is 1. The van der Waals surface area contributed by atoms with Crippen LogP contribution in [-0.4, -0.2) is 35.7 Å².